The first-order valence-electron chi connectivity index (χ1n) is 4.65. The highest BCUT2D eigenvalue weighted by molar-refractivity contribution is 5.74. The van der Waals surface area contributed by atoms with E-state index in [2.05, 4.69) is 15.5 Å². The Balaban J connectivity index is 2.49. The predicted octanol–water partition coefficient (Wildman–Crippen LogP) is 1.13. The smallest absolute Gasteiger partial charge is 0.317 e. The zero-order valence-corrected chi connectivity index (χ0v) is 8.74. The molecule has 0 aromatic carbocycles. The Morgan fingerprint density at radius 1 is 1.79 bits per heavy atom. The van der Waals surface area contributed by atoms with E-state index in [1.54, 1.807) is 24.3 Å². The minimum absolute atomic E-state index is 0.0183. The highest BCUT2D eigenvalue weighted by atomic mass is 16.2. The molecule has 0 radical (unpaired) electrons. The predicted molar refractivity (Wildman–Crippen MR) is 53.8 cm³/mol. The van der Waals surface area contributed by atoms with Crippen LogP contribution in [0.2, 0.25) is 0 Å². The number of aromatic amines is 1. The number of hydrogen-bond donors (Lipinski definition) is 2. The molecule has 1 aromatic heterocycles. The van der Waals surface area contributed by atoms with Gasteiger partial charge in [0.15, 0.2) is 0 Å². The van der Waals surface area contributed by atoms with Gasteiger partial charge in [0.25, 0.3) is 0 Å². The van der Waals surface area contributed by atoms with Crippen LogP contribution in [0.1, 0.15) is 25.5 Å². The number of nitrogens with one attached hydrogen (secondary N) is 2. The minimum Gasteiger partial charge on any atom is -0.331 e. The van der Waals surface area contributed by atoms with Gasteiger partial charge in [-0.3, -0.25) is 5.10 Å². The first kappa shape index (κ1) is 10.6. The SMILES string of the molecule is CCN(C)C(=O)NC(C)c1cn[nH]c1. The molecule has 0 saturated carbocycles. The molecule has 1 atom stereocenters. The molecule has 78 valence electrons. The van der Waals surface area contributed by atoms with Crippen LogP contribution in [0.3, 0.4) is 0 Å². The summed E-state index contributed by atoms with van der Waals surface area (Å²) in [5.41, 5.74) is 0.975. The van der Waals surface area contributed by atoms with E-state index >= 15 is 0 Å². The van der Waals surface area contributed by atoms with Crippen molar-refractivity contribution < 1.29 is 4.79 Å². The molecular formula is C9H16N4O. The Kier molecular flexibility index (Phi) is 3.50. The van der Waals surface area contributed by atoms with Crippen molar-refractivity contribution in [2.24, 2.45) is 0 Å². The molecule has 0 fully saturated rings. The van der Waals surface area contributed by atoms with Crippen LogP contribution in [0.15, 0.2) is 12.4 Å². The van der Waals surface area contributed by atoms with Crippen LogP contribution in [0.5, 0.6) is 0 Å². The van der Waals surface area contributed by atoms with Crippen molar-refractivity contribution in [2.45, 2.75) is 19.9 Å². The second-order valence-corrected chi connectivity index (χ2v) is 3.22. The normalized spacial score (nSPS) is 12.2. The van der Waals surface area contributed by atoms with Gasteiger partial charge in [0.2, 0.25) is 0 Å². The zero-order valence-electron chi connectivity index (χ0n) is 8.74. The number of H-pyrrole nitrogens is 1. The molecule has 5 heteroatoms. The fourth-order valence-corrected chi connectivity index (χ4v) is 1.02. The van der Waals surface area contributed by atoms with Gasteiger partial charge in [0, 0.05) is 25.4 Å². The first-order chi connectivity index (χ1) is 6.65. The molecule has 2 N–H and O–H groups in total. The van der Waals surface area contributed by atoms with Gasteiger partial charge >= 0.3 is 6.03 Å². The lowest BCUT2D eigenvalue weighted by molar-refractivity contribution is 0.208. The maximum atomic E-state index is 11.5. The molecule has 5 nitrogen and oxygen atoms in total. The summed E-state index contributed by atoms with van der Waals surface area (Å²) in [4.78, 5) is 13.1. The molecule has 2 amide bonds. The van der Waals surface area contributed by atoms with Crippen LogP contribution >= 0.6 is 0 Å². The van der Waals surface area contributed by atoms with Crippen molar-refractivity contribution in [3.63, 3.8) is 0 Å². The monoisotopic (exact) mass is 196 g/mol. The second-order valence-electron chi connectivity index (χ2n) is 3.22. The summed E-state index contributed by atoms with van der Waals surface area (Å²) in [6.07, 6.45) is 3.48. The van der Waals surface area contributed by atoms with Gasteiger partial charge in [0.05, 0.1) is 12.2 Å². The molecule has 0 aliphatic carbocycles. The van der Waals surface area contributed by atoms with Crippen molar-refractivity contribution in [3.05, 3.63) is 18.0 Å². The molecule has 1 aromatic rings. The summed E-state index contributed by atoms with van der Waals surface area (Å²) >= 11 is 0. The molecule has 1 heterocycles. The summed E-state index contributed by atoms with van der Waals surface area (Å²) in [6.45, 7) is 4.55. The maximum absolute atomic E-state index is 11.5. The third-order valence-corrected chi connectivity index (χ3v) is 2.18. The minimum atomic E-state index is -0.0683. The highest BCUT2D eigenvalue weighted by Gasteiger charge is 2.12. The van der Waals surface area contributed by atoms with E-state index in [0.717, 1.165) is 5.56 Å². The summed E-state index contributed by atoms with van der Waals surface area (Å²) < 4.78 is 0. The van der Waals surface area contributed by atoms with Crippen molar-refractivity contribution in [3.8, 4) is 0 Å². The van der Waals surface area contributed by atoms with E-state index in [0.29, 0.717) is 6.54 Å². The summed E-state index contributed by atoms with van der Waals surface area (Å²) in [6, 6.07) is -0.0866. The van der Waals surface area contributed by atoms with E-state index in [4.69, 9.17) is 0 Å². The van der Waals surface area contributed by atoms with Crippen molar-refractivity contribution >= 4 is 6.03 Å². The van der Waals surface area contributed by atoms with Gasteiger partial charge in [0.1, 0.15) is 0 Å². The molecule has 0 aliphatic heterocycles. The standard InChI is InChI=1S/C9H16N4O/c1-4-13(3)9(14)12-7(2)8-5-10-11-6-8/h5-7H,4H2,1-3H3,(H,10,11)(H,12,14). The summed E-state index contributed by atoms with van der Waals surface area (Å²) in [5.74, 6) is 0. The number of rotatable bonds is 3. The molecule has 1 rings (SSSR count). The lowest BCUT2D eigenvalue weighted by atomic mass is 10.2. The van der Waals surface area contributed by atoms with E-state index in [-0.39, 0.29) is 12.1 Å². The van der Waals surface area contributed by atoms with Crippen LogP contribution in [0, 0.1) is 0 Å². The van der Waals surface area contributed by atoms with E-state index in [1.807, 2.05) is 13.8 Å². The Bertz CT molecular complexity index is 283. The molecule has 0 bridgehead atoms. The summed E-state index contributed by atoms with van der Waals surface area (Å²) in [5, 5.41) is 9.40. The van der Waals surface area contributed by atoms with E-state index in [1.165, 1.54) is 0 Å². The van der Waals surface area contributed by atoms with Crippen LogP contribution in [-0.4, -0.2) is 34.7 Å². The fourth-order valence-electron chi connectivity index (χ4n) is 1.02. The topological polar surface area (TPSA) is 61.0 Å². The molecule has 14 heavy (non-hydrogen) atoms. The van der Waals surface area contributed by atoms with Gasteiger partial charge in [-0.15, -0.1) is 0 Å². The van der Waals surface area contributed by atoms with Gasteiger partial charge in [-0.05, 0) is 13.8 Å². The Hall–Kier alpha value is -1.52. The Labute approximate surface area is 83.5 Å². The van der Waals surface area contributed by atoms with Crippen LogP contribution in [-0.2, 0) is 0 Å². The quantitative estimate of drug-likeness (QED) is 0.761. The largest absolute Gasteiger partial charge is 0.331 e. The van der Waals surface area contributed by atoms with Crippen molar-refractivity contribution in [1.82, 2.24) is 20.4 Å². The third kappa shape index (κ3) is 2.48. The first-order valence-corrected chi connectivity index (χ1v) is 4.65. The number of carbonyl (C=O) groups excluding carboxylic acids is 1. The van der Waals surface area contributed by atoms with Gasteiger partial charge in [-0.1, -0.05) is 0 Å². The van der Waals surface area contributed by atoms with E-state index in [9.17, 15) is 4.79 Å². The maximum Gasteiger partial charge on any atom is 0.317 e. The molecule has 1 unspecified atom stereocenters. The van der Waals surface area contributed by atoms with Gasteiger partial charge in [-0.25, -0.2) is 4.79 Å². The number of carbonyl (C=O) groups is 1. The van der Waals surface area contributed by atoms with E-state index < -0.39 is 0 Å². The third-order valence-electron chi connectivity index (χ3n) is 2.18. The molecule has 0 saturated heterocycles. The Morgan fingerprint density at radius 3 is 3.00 bits per heavy atom. The highest BCUT2D eigenvalue weighted by Crippen LogP contribution is 2.08. The lowest BCUT2D eigenvalue weighted by Crippen LogP contribution is -2.38. The number of aromatic nitrogens is 2. The Morgan fingerprint density at radius 2 is 2.50 bits per heavy atom. The average molecular weight is 196 g/mol. The molecule has 0 spiro atoms. The van der Waals surface area contributed by atoms with Crippen LogP contribution < -0.4 is 5.32 Å². The second kappa shape index (κ2) is 4.64. The van der Waals surface area contributed by atoms with Crippen molar-refractivity contribution in [2.75, 3.05) is 13.6 Å². The average Bonchev–Trinajstić information content (AvgIpc) is 2.69. The number of nitrogens with zero attached hydrogens (tertiary/aromatic N) is 2. The van der Waals surface area contributed by atoms with Gasteiger partial charge < -0.3 is 10.2 Å². The summed E-state index contributed by atoms with van der Waals surface area (Å²) in [7, 11) is 1.76. The van der Waals surface area contributed by atoms with Crippen LogP contribution in [0.25, 0.3) is 0 Å². The van der Waals surface area contributed by atoms with Crippen LogP contribution in [0.4, 0.5) is 4.79 Å². The molecule has 0 aliphatic rings. The number of hydrogen-bond acceptors (Lipinski definition) is 2. The number of amides is 2. The number of urea groups is 1. The molecular weight excluding hydrogens is 180 g/mol. The lowest BCUT2D eigenvalue weighted by Gasteiger charge is -2.19. The zero-order chi connectivity index (χ0) is 10.6. The van der Waals surface area contributed by atoms with Gasteiger partial charge in [-0.2, -0.15) is 5.10 Å². The van der Waals surface area contributed by atoms with Crippen molar-refractivity contribution in [1.29, 1.82) is 0 Å². The fraction of sp³-hybridized carbons (Fsp3) is 0.556.